The molecule has 0 saturated carbocycles. The van der Waals surface area contributed by atoms with Crippen LogP contribution in [0.2, 0.25) is 5.02 Å². The van der Waals surface area contributed by atoms with E-state index in [4.69, 9.17) is 11.6 Å². The lowest BCUT2D eigenvalue weighted by atomic mass is 10.0. The fraction of sp³-hybridized carbons (Fsp3) is 0.278. The summed E-state index contributed by atoms with van der Waals surface area (Å²) in [5, 5.41) is 3.39. The lowest BCUT2D eigenvalue weighted by molar-refractivity contribution is -0.140. The SMILES string of the molecule is CCCCNC(=O)C(Cc1ccccc1)N(Cc1ccccc1C)C(=O)CN(c1cccc(Cl)c1C)S(=O)(=O)c1ccccc1. The van der Waals surface area contributed by atoms with E-state index in [2.05, 4.69) is 5.32 Å². The summed E-state index contributed by atoms with van der Waals surface area (Å²) >= 11 is 6.45. The molecule has 236 valence electrons. The molecule has 0 aromatic heterocycles. The van der Waals surface area contributed by atoms with Crippen molar-refractivity contribution in [3.63, 3.8) is 0 Å². The number of hydrogen-bond donors (Lipinski definition) is 1. The van der Waals surface area contributed by atoms with Gasteiger partial charge < -0.3 is 10.2 Å². The molecule has 1 N–H and O–H groups in total. The number of hydrogen-bond acceptors (Lipinski definition) is 4. The number of rotatable bonds is 14. The van der Waals surface area contributed by atoms with Gasteiger partial charge in [-0.25, -0.2) is 8.42 Å². The van der Waals surface area contributed by atoms with Crippen LogP contribution in [0.4, 0.5) is 5.69 Å². The van der Waals surface area contributed by atoms with Crippen molar-refractivity contribution >= 4 is 39.1 Å². The van der Waals surface area contributed by atoms with Gasteiger partial charge in [0.25, 0.3) is 10.0 Å². The highest BCUT2D eigenvalue weighted by Gasteiger charge is 2.35. The monoisotopic (exact) mass is 645 g/mol. The van der Waals surface area contributed by atoms with Gasteiger partial charge in [-0.3, -0.25) is 13.9 Å². The molecule has 45 heavy (non-hydrogen) atoms. The van der Waals surface area contributed by atoms with Gasteiger partial charge in [0, 0.05) is 24.5 Å². The fourth-order valence-corrected chi connectivity index (χ4v) is 6.79. The van der Waals surface area contributed by atoms with Gasteiger partial charge in [-0.1, -0.05) is 104 Å². The number of amides is 2. The van der Waals surface area contributed by atoms with E-state index in [1.54, 1.807) is 43.3 Å². The molecule has 7 nitrogen and oxygen atoms in total. The molecule has 0 radical (unpaired) electrons. The maximum atomic E-state index is 14.6. The Morgan fingerprint density at radius 1 is 0.844 bits per heavy atom. The third kappa shape index (κ3) is 8.53. The molecule has 0 aliphatic rings. The van der Waals surface area contributed by atoms with Crippen molar-refractivity contribution in [1.29, 1.82) is 0 Å². The number of aryl methyl sites for hydroxylation is 1. The zero-order valence-electron chi connectivity index (χ0n) is 25.9. The van der Waals surface area contributed by atoms with Crippen LogP contribution in [-0.4, -0.2) is 44.3 Å². The van der Waals surface area contributed by atoms with Crippen LogP contribution in [0, 0.1) is 13.8 Å². The zero-order chi connectivity index (χ0) is 32.4. The third-order valence-corrected chi connectivity index (χ3v) is 10.0. The van der Waals surface area contributed by atoms with Crippen molar-refractivity contribution in [3.8, 4) is 0 Å². The van der Waals surface area contributed by atoms with Gasteiger partial charge in [0.1, 0.15) is 12.6 Å². The Kier molecular flexibility index (Phi) is 11.8. The van der Waals surface area contributed by atoms with E-state index in [9.17, 15) is 18.0 Å². The molecule has 4 aromatic rings. The molecule has 4 aromatic carbocycles. The molecule has 0 fully saturated rings. The van der Waals surface area contributed by atoms with Gasteiger partial charge in [0.05, 0.1) is 10.6 Å². The van der Waals surface area contributed by atoms with Gasteiger partial charge in [0.2, 0.25) is 11.8 Å². The number of anilines is 1. The Hall–Kier alpha value is -4.14. The Morgan fingerprint density at radius 2 is 1.49 bits per heavy atom. The Balaban J connectivity index is 1.82. The lowest BCUT2D eigenvalue weighted by Crippen LogP contribution is -2.53. The van der Waals surface area contributed by atoms with Crippen LogP contribution >= 0.6 is 11.6 Å². The maximum absolute atomic E-state index is 14.6. The topological polar surface area (TPSA) is 86.8 Å². The Labute approximate surface area is 271 Å². The quantitative estimate of drug-likeness (QED) is 0.155. The highest BCUT2D eigenvalue weighted by atomic mass is 35.5. The van der Waals surface area contributed by atoms with Crippen molar-refractivity contribution in [2.45, 2.75) is 57.5 Å². The van der Waals surface area contributed by atoms with Crippen LogP contribution < -0.4 is 9.62 Å². The Bertz CT molecular complexity index is 1700. The van der Waals surface area contributed by atoms with Crippen molar-refractivity contribution in [2.75, 3.05) is 17.4 Å². The van der Waals surface area contributed by atoms with Crippen LogP contribution in [0.1, 0.15) is 42.0 Å². The van der Waals surface area contributed by atoms with Crippen LogP contribution in [0.5, 0.6) is 0 Å². The standard InChI is InChI=1S/C36H40ClN3O4S/c1-4-5-23-38-36(42)34(24-29-16-8-6-9-17-29)39(25-30-18-13-12-15-27(30)2)35(41)26-40(33-22-14-21-32(37)28(33)3)45(43,44)31-19-10-7-11-20-31/h6-22,34H,4-5,23-26H2,1-3H3,(H,38,42). The largest absolute Gasteiger partial charge is 0.354 e. The molecule has 1 unspecified atom stereocenters. The molecule has 0 aliphatic heterocycles. The van der Waals surface area contributed by atoms with Gasteiger partial charge in [-0.05, 0) is 66.8 Å². The van der Waals surface area contributed by atoms with Gasteiger partial charge in [-0.15, -0.1) is 0 Å². The second-order valence-electron chi connectivity index (χ2n) is 11.0. The first-order valence-electron chi connectivity index (χ1n) is 15.1. The van der Waals surface area contributed by atoms with E-state index in [-0.39, 0.29) is 23.8 Å². The van der Waals surface area contributed by atoms with E-state index in [1.807, 2.05) is 68.4 Å². The molecule has 9 heteroatoms. The van der Waals surface area contributed by atoms with Crippen molar-refractivity contribution in [3.05, 3.63) is 130 Å². The summed E-state index contributed by atoms with van der Waals surface area (Å²) in [5.41, 5.74) is 3.52. The molecule has 0 bridgehead atoms. The molecular weight excluding hydrogens is 606 g/mol. The summed E-state index contributed by atoms with van der Waals surface area (Å²) in [6, 6.07) is 29.3. The summed E-state index contributed by atoms with van der Waals surface area (Å²) < 4.78 is 29.4. The van der Waals surface area contributed by atoms with E-state index in [0.717, 1.165) is 33.8 Å². The first-order valence-corrected chi connectivity index (χ1v) is 16.9. The van der Waals surface area contributed by atoms with E-state index < -0.39 is 28.5 Å². The average Bonchev–Trinajstić information content (AvgIpc) is 3.04. The summed E-state index contributed by atoms with van der Waals surface area (Å²) in [4.78, 5) is 30.0. The summed E-state index contributed by atoms with van der Waals surface area (Å²) in [6.07, 6.45) is 1.96. The van der Waals surface area contributed by atoms with Gasteiger partial charge in [-0.2, -0.15) is 0 Å². The predicted molar refractivity (Wildman–Crippen MR) is 181 cm³/mol. The smallest absolute Gasteiger partial charge is 0.264 e. The van der Waals surface area contributed by atoms with Crippen LogP contribution in [-0.2, 0) is 32.6 Å². The molecule has 2 amide bonds. The van der Waals surface area contributed by atoms with Crippen LogP contribution in [0.25, 0.3) is 0 Å². The lowest BCUT2D eigenvalue weighted by Gasteiger charge is -2.34. The van der Waals surface area contributed by atoms with Crippen molar-refractivity contribution in [2.24, 2.45) is 0 Å². The van der Waals surface area contributed by atoms with Crippen molar-refractivity contribution < 1.29 is 18.0 Å². The third-order valence-electron chi connectivity index (χ3n) is 7.82. The van der Waals surface area contributed by atoms with E-state index in [0.29, 0.717) is 22.8 Å². The second kappa shape index (κ2) is 15.7. The van der Waals surface area contributed by atoms with Gasteiger partial charge >= 0.3 is 0 Å². The molecular formula is C36H40ClN3O4S. The van der Waals surface area contributed by atoms with Gasteiger partial charge in [0.15, 0.2) is 0 Å². The zero-order valence-corrected chi connectivity index (χ0v) is 27.5. The normalized spacial score (nSPS) is 11.9. The van der Waals surface area contributed by atoms with E-state index >= 15 is 0 Å². The minimum atomic E-state index is -4.20. The number of nitrogens with one attached hydrogen (secondary N) is 1. The van der Waals surface area contributed by atoms with Crippen LogP contribution in [0.3, 0.4) is 0 Å². The summed E-state index contributed by atoms with van der Waals surface area (Å²) in [7, 11) is -4.20. The summed E-state index contributed by atoms with van der Waals surface area (Å²) in [6.45, 7) is 5.79. The maximum Gasteiger partial charge on any atom is 0.264 e. The number of unbranched alkanes of at least 4 members (excludes halogenated alkanes) is 1. The number of benzene rings is 4. The first kappa shape index (κ1) is 33.7. The number of carbonyl (C=O) groups is 2. The molecule has 0 heterocycles. The predicted octanol–water partition coefficient (Wildman–Crippen LogP) is 6.71. The molecule has 4 rings (SSSR count). The summed E-state index contributed by atoms with van der Waals surface area (Å²) in [5.74, 6) is -0.797. The second-order valence-corrected chi connectivity index (χ2v) is 13.3. The number of carbonyl (C=O) groups excluding carboxylic acids is 2. The minimum absolute atomic E-state index is 0.0424. The molecule has 1 atom stereocenters. The fourth-order valence-electron chi connectivity index (χ4n) is 5.13. The molecule has 0 aliphatic carbocycles. The highest BCUT2D eigenvalue weighted by Crippen LogP contribution is 2.31. The van der Waals surface area contributed by atoms with E-state index in [1.165, 1.54) is 17.0 Å². The average molecular weight is 646 g/mol. The van der Waals surface area contributed by atoms with Crippen molar-refractivity contribution in [1.82, 2.24) is 10.2 Å². The Morgan fingerprint density at radius 3 is 2.16 bits per heavy atom. The van der Waals surface area contributed by atoms with Crippen LogP contribution in [0.15, 0.2) is 108 Å². The number of nitrogens with zero attached hydrogens (tertiary/aromatic N) is 2. The number of halogens is 1. The number of sulfonamides is 1. The molecule has 0 saturated heterocycles. The molecule has 0 spiro atoms. The highest BCUT2D eigenvalue weighted by molar-refractivity contribution is 7.92. The minimum Gasteiger partial charge on any atom is -0.354 e. The first-order chi connectivity index (χ1) is 21.6.